The van der Waals surface area contributed by atoms with Crippen molar-refractivity contribution in [3.05, 3.63) is 48.3 Å². The maximum Gasteiger partial charge on any atom is 0.274 e. The smallest absolute Gasteiger partial charge is 0.274 e. The van der Waals surface area contributed by atoms with Crippen LogP contribution in [-0.4, -0.2) is 41.8 Å². The van der Waals surface area contributed by atoms with Crippen LogP contribution >= 0.6 is 0 Å². The molecule has 0 aliphatic carbocycles. The van der Waals surface area contributed by atoms with Crippen molar-refractivity contribution in [2.24, 2.45) is 0 Å². The van der Waals surface area contributed by atoms with E-state index in [0.29, 0.717) is 13.1 Å². The zero-order valence-corrected chi connectivity index (χ0v) is 13.7. The molecule has 0 saturated carbocycles. The molecule has 1 aromatic heterocycles. The maximum absolute atomic E-state index is 12.6. The highest BCUT2D eigenvalue weighted by atomic mass is 32.2. The lowest BCUT2D eigenvalue weighted by molar-refractivity contribution is 0.102. The van der Waals surface area contributed by atoms with Crippen LogP contribution in [0.25, 0.3) is 0 Å². The molecular formula is C16H17N3O4S. The summed E-state index contributed by atoms with van der Waals surface area (Å²) < 4.78 is 26.6. The molecule has 3 rings (SSSR count). The van der Waals surface area contributed by atoms with Crippen LogP contribution in [0.4, 0.5) is 5.69 Å². The van der Waals surface area contributed by atoms with Crippen LogP contribution in [0, 0.1) is 0 Å². The van der Waals surface area contributed by atoms with Gasteiger partial charge in [0.25, 0.3) is 5.91 Å². The molecule has 126 valence electrons. The minimum absolute atomic E-state index is 0.0333. The van der Waals surface area contributed by atoms with Crippen LogP contribution in [-0.2, 0) is 10.0 Å². The van der Waals surface area contributed by atoms with Crippen molar-refractivity contribution in [2.45, 2.75) is 17.7 Å². The summed E-state index contributed by atoms with van der Waals surface area (Å²) in [5, 5.41) is 12.4. The van der Waals surface area contributed by atoms with Gasteiger partial charge in [-0.2, -0.15) is 4.31 Å². The number of carbonyl (C=O) groups is 1. The number of aromatic hydroxyl groups is 1. The fourth-order valence-electron chi connectivity index (χ4n) is 2.54. The monoisotopic (exact) mass is 347 g/mol. The lowest BCUT2D eigenvalue weighted by atomic mass is 10.2. The first kappa shape index (κ1) is 16.4. The number of nitrogens with zero attached hydrogens (tertiary/aromatic N) is 2. The summed E-state index contributed by atoms with van der Waals surface area (Å²) in [7, 11) is -3.62. The van der Waals surface area contributed by atoms with Crippen LogP contribution in [0.2, 0.25) is 0 Å². The number of aromatic nitrogens is 1. The largest absolute Gasteiger partial charge is 0.506 e. The molecule has 1 amide bonds. The van der Waals surface area contributed by atoms with Gasteiger partial charge in [0.05, 0.1) is 10.6 Å². The number of nitrogens with one attached hydrogen (secondary N) is 1. The predicted octanol–water partition coefficient (Wildman–Crippen LogP) is 1.82. The number of pyridine rings is 1. The highest BCUT2D eigenvalue weighted by Gasteiger charge is 2.28. The number of anilines is 1. The molecule has 2 heterocycles. The number of sulfonamides is 1. The van der Waals surface area contributed by atoms with E-state index < -0.39 is 15.9 Å². The number of amides is 1. The Morgan fingerprint density at radius 2 is 1.92 bits per heavy atom. The molecule has 1 fully saturated rings. The van der Waals surface area contributed by atoms with Gasteiger partial charge in [0.1, 0.15) is 11.4 Å². The zero-order chi connectivity index (χ0) is 17.2. The van der Waals surface area contributed by atoms with Gasteiger partial charge in [0.2, 0.25) is 10.0 Å². The second-order valence-corrected chi connectivity index (χ2v) is 7.40. The Morgan fingerprint density at radius 1 is 1.17 bits per heavy atom. The van der Waals surface area contributed by atoms with Gasteiger partial charge in [-0.3, -0.25) is 9.78 Å². The van der Waals surface area contributed by atoms with Crippen LogP contribution < -0.4 is 5.32 Å². The number of carbonyl (C=O) groups excluding carboxylic acids is 1. The molecule has 1 saturated heterocycles. The lowest BCUT2D eigenvalue weighted by Gasteiger charge is -2.16. The first-order valence-corrected chi connectivity index (χ1v) is 8.98. The van der Waals surface area contributed by atoms with E-state index in [1.807, 2.05) is 0 Å². The molecule has 8 heteroatoms. The molecule has 7 nitrogen and oxygen atoms in total. The van der Waals surface area contributed by atoms with E-state index in [0.717, 1.165) is 12.8 Å². The molecule has 1 aliphatic heterocycles. The molecule has 2 N–H and O–H groups in total. The van der Waals surface area contributed by atoms with Gasteiger partial charge in [0, 0.05) is 19.3 Å². The summed E-state index contributed by atoms with van der Waals surface area (Å²) in [6, 6.07) is 8.73. The predicted molar refractivity (Wildman–Crippen MR) is 88.3 cm³/mol. The Bertz CT molecular complexity index is 847. The topological polar surface area (TPSA) is 99.6 Å². The van der Waals surface area contributed by atoms with E-state index >= 15 is 0 Å². The van der Waals surface area contributed by atoms with Crippen LogP contribution in [0.5, 0.6) is 5.75 Å². The molecule has 0 bridgehead atoms. The normalized spacial score (nSPS) is 15.3. The molecule has 0 radical (unpaired) electrons. The van der Waals surface area contributed by atoms with E-state index in [9.17, 15) is 18.3 Å². The standard InChI is InChI=1S/C16H17N3O4S/c20-15-7-6-12(24(22,23)19-9-3-4-10-19)11-14(15)18-16(21)13-5-1-2-8-17-13/h1-2,5-8,11,20H,3-4,9-10H2,(H,18,21). The summed E-state index contributed by atoms with van der Waals surface area (Å²) in [4.78, 5) is 16.1. The number of phenols is 1. The number of phenolic OH excluding ortho intramolecular Hbond substituents is 1. The molecule has 0 spiro atoms. The maximum atomic E-state index is 12.6. The van der Waals surface area contributed by atoms with Crippen molar-refractivity contribution in [2.75, 3.05) is 18.4 Å². The van der Waals surface area contributed by atoms with Gasteiger partial charge in [-0.1, -0.05) is 6.07 Å². The van der Waals surface area contributed by atoms with Crippen LogP contribution in [0.3, 0.4) is 0 Å². The van der Waals surface area contributed by atoms with Gasteiger partial charge in [-0.25, -0.2) is 8.42 Å². The average Bonchev–Trinajstić information content (AvgIpc) is 3.13. The minimum atomic E-state index is -3.62. The van der Waals surface area contributed by atoms with Gasteiger partial charge in [0.15, 0.2) is 0 Å². The fraction of sp³-hybridized carbons (Fsp3) is 0.250. The summed E-state index contributed by atoms with van der Waals surface area (Å²) in [5.41, 5.74) is 0.204. The van der Waals surface area contributed by atoms with Gasteiger partial charge < -0.3 is 10.4 Å². The first-order chi connectivity index (χ1) is 11.5. The van der Waals surface area contributed by atoms with Gasteiger partial charge in [-0.15, -0.1) is 0 Å². The fourth-order valence-corrected chi connectivity index (χ4v) is 4.08. The number of benzene rings is 1. The quantitative estimate of drug-likeness (QED) is 0.822. The Hall–Kier alpha value is -2.45. The Morgan fingerprint density at radius 3 is 2.58 bits per heavy atom. The van der Waals surface area contributed by atoms with Gasteiger partial charge in [-0.05, 0) is 43.2 Å². The Balaban J connectivity index is 1.88. The molecule has 1 aliphatic rings. The molecule has 24 heavy (non-hydrogen) atoms. The third kappa shape index (κ3) is 3.24. The van der Waals surface area contributed by atoms with Gasteiger partial charge >= 0.3 is 0 Å². The van der Waals surface area contributed by atoms with Crippen molar-refractivity contribution < 1.29 is 18.3 Å². The van der Waals surface area contributed by atoms with E-state index in [1.54, 1.807) is 12.1 Å². The molecular weight excluding hydrogens is 330 g/mol. The summed E-state index contributed by atoms with van der Waals surface area (Å²) in [5.74, 6) is -0.735. The summed E-state index contributed by atoms with van der Waals surface area (Å²) >= 11 is 0. The average molecular weight is 347 g/mol. The second kappa shape index (κ2) is 6.58. The number of hydrogen-bond acceptors (Lipinski definition) is 5. The summed E-state index contributed by atoms with van der Waals surface area (Å²) in [6.45, 7) is 0.970. The highest BCUT2D eigenvalue weighted by molar-refractivity contribution is 7.89. The third-order valence-electron chi connectivity index (χ3n) is 3.82. The van der Waals surface area contributed by atoms with Crippen molar-refractivity contribution in [3.63, 3.8) is 0 Å². The van der Waals surface area contributed by atoms with Crippen molar-refractivity contribution in [1.82, 2.24) is 9.29 Å². The Kier molecular flexibility index (Phi) is 4.50. The van der Waals surface area contributed by atoms with Crippen molar-refractivity contribution in [3.8, 4) is 5.75 Å². The van der Waals surface area contributed by atoms with Crippen molar-refractivity contribution in [1.29, 1.82) is 0 Å². The molecule has 1 aromatic carbocycles. The molecule has 2 aromatic rings. The van der Waals surface area contributed by atoms with Crippen molar-refractivity contribution >= 4 is 21.6 Å². The van der Waals surface area contributed by atoms with E-state index in [1.165, 1.54) is 34.8 Å². The minimum Gasteiger partial charge on any atom is -0.506 e. The van der Waals surface area contributed by atoms with E-state index in [2.05, 4.69) is 10.3 Å². The van der Waals surface area contributed by atoms with E-state index in [4.69, 9.17) is 0 Å². The SMILES string of the molecule is O=C(Nc1cc(S(=O)(=O)N2CCCC2)ccc1O)c1ccccn1. The van der Waals surface area contributed by atoms with Crippen LogP contribution in [0.1, 0.15) is 23.3 Å². The lowest BCUT2D eigenvalue weighted by Crippen LogP contribution is -2.28. The van der Waals surface area contributed by atoms with E-state index in [-0.39, 0.29) is 22.0 Å². The Labute approximate surface area is 140 Å². The van der Waals surface area contributed by atoms with Crippen LogP contribution in [0.15, 0.2) is 47.5 Å². The third-order valence-corrected chi connectivity index (χ3v) is 5.71. The highest BCUT2D eigenvalue weighted by Crippen LogP contribution is 2.29. The molecule has 0 atom stereocenters. The number of hydrogen-bond donors (Lipinski definition) is 2. The number of rotatable bonds is 4. The zero-order valence-electron chi connectivity index (χ0n) is 12.8. The first-order valence-electron chi connectivity index (χ1n) is 7.54. The molecule has 0 unspecified atom stereocenters. The summed E-state index contributed by atoms with van der Waals surface area (Å²) in [6.07, 6.45) is 3.14. The second-order valence-electron chi connectivity index (χ2n) is 5.46.